The van der Waals surface area contributed by atoms with E-state index in [2.05, 4.69) is 4.74 Å². The molecule has 0 N–H and O–H groups in total. The zero-order valence-electron chi connectivity index (χ0n) is 10.2. The van der Waals surface area contributed by atoms with Gasteiger partial charge < -0.3 is 9.47 Å². The lowest BCUT2D eigenvalue weighted by atomic mass is 10.00. The van der Waals surface area contributed by atoms with Crippen LogP contribution in [0.1, 0.15) is 30.1 Å². The Morgan fingerprint density at radius 3 is 2.63 bits per heavy atom. The van der Waals surface area contributed by atoms with Crippen LogP contribution in [0.5, 0.6) is 0 Å². The van der Waals surface area contributed by atoms with E-state index in [9.17, 15) is 18.0 Å². The maximum absolute atomic E-state index is 12.9. The van der Waals surface area contributed by atoms with Crippen LogP contribution in [0.15, 0.2) is 24.3 Å². The second-order valence-electron chi connectivity index (χ2n) is 4.30. The first-order chi connectivity index (χ1) is 8.93. The van der Waals surface area contributed by atoms with Crippen molar-refractivity contribution in [3.05, 3.63) is 35.4 Å². The van der Waals surface area contributed by atoms with Crippen molar-refractivity contribution in [1.29, 1.82) is 0 Å². The fourth-order valence-electron chi connectivity index (χ4n) is 2.21. The third-order valence-electron chi connectivity index (χ3n) is 3.10. The lowest BCUT2D eigenvalue weighted by Crippen LogP contribution is -2.21. The number of carbonyl (C=O) groups is 1. The zero-order chi connectivity index (χ0) is 14.0. The lowest BCUT2D eigenvalue weighted by Gasteiger charge is -2.18. The number of ether oxygens (including phenoxy) is 2. The van der Waals surface area contributed by atoms with Crippen LogP contribution in [0.2, 0.25) is 0 Å². The third-order valence-corrected chi connectivity index (χ3v) is 3.10. The molecular formula is C13H13F3O3. The summed E-state index contributed by atoms with van der Waals surface area (Å²) < 4.78 is 48.5. The topological polar surface area (TPSA) is 35.5 Å². The fourth-order valence-corrected chi connectivity index (χ4v) is 2.21. The summed E-state index contributed by atoms with van der Waals surface area (Å²) in [6.07, 6.45) is -5.20. The lowest BCUT2D eigenvalue weighted by molar-refractivity contribution is -0.153. The smallest absolute Gasteiger partial charge is 0.416 e. The van der Waals surface area contributed by atoms with E-state index < -0.39 is 29.9 Å². The van der Waals surface area contributed by atoms with Crippen LogP contribution in [0, 0.1) is 0 Å². The fraction of sp³-hybridized carbons (Fsp3) is 0.462. The second kappa shape index (κ2) is 5.21. The summed E-state index contributed by atoms with van der Waals surface area (Å²) in [5.41, 5.74) is -0.646. The van der Waals surface area contributed by atoms with Gasteiger partial charge in [0.15, 0.2) is 6.10 Å². The predicted octanol–water partition coefficient (Wildman–Crippen LogP) is 3.10. The van der Waals surface area contributed by atoms with Crippen LogP contribution in [0.4, 0.5) is 13.2 Å². The van der Waals surface area contributed by atoms with Crippen LogP contribution in [0.25, 0.3) is 0 Å². The first-order valence-corrected chi connectivity index (χ1v) is 5.83. The molecule has 0 aliphatic carbocycles. The molecule has 1 aromatic rings. The van der Waals surface area contributed by atoms with Crippen LogP contribution in [-0.2, 0) is 20.4 Å². The SMILES string of the molecule is COC(=O)[C@@H]1CC[C@@H](c2ccccc2C(F)(F)F)O1. The monoisotopic (exact) mass is 274 g/mol. The third kappa shape index (κ3) is 2.89. The van der Waals surface area contributed by atoms with E-state index in [0.29, 0.717) is 12.8 Å². The van der Waals surface area contributed by atoms with Crippen LogP contribution >= 0.6 is 0 Å². The minimum absolute atomic E-state index is 0.0707. The number of esters is 1. The Bertz CT molecular complexity index is 470. The first-order valence-electron chi connectivity index (χ1n) is 5.83. The van der Waals surface area contributed by atoms with E-state index in [1.54, 1.807) is 0 Å². The molecule has 1 aliphatic rings. The van der Waals surface area contributed by atoms with Crippen LogP contribution < -0.4 is 0 Å². The number of hydrogen-bond donors (Lipinski definition) is 0. The number of benzene rings is 1. The highest BCUT2D eigenvalue weighted by atomic mass is 19.4. The van der Waals surface area contributed by atoms with Crippen molar-refractivity contribution < 1.29 is 27.4 Å². The summed E-state index contributed by atoms with van der Waals surface area (Å²) in [7, 11) is 1.22. The maximum atomic E-state index is 12.9. The predicted molar refractivity (Wildman–Crippen MR) is 60.3 cm³/mol. The average molecular weight is 274 g/mol. The summed E-state index contributed by atoms with van der Waals surface area (Å²) in [5.74, 6) is -0.549. The maximum Gasteiger partial charge on any atom is 0.416 e. The van der Waals surface area contributed by atoms with Gasteiger partial charge in [0.05, 0.1) is 18.8 Å². The van der Waals surface area contributed by atoms with E-state index in [4.69, 9.17) is 4.74 Å². The van der Waals surface area contributed by atoms with Crippen molar-refractivity contribution in [2.75, 3.05) is 7.11 Å². The van der Waals surface area contributed by atoms with Gasteiger partial charge in [-0.3, -0.25) is 0 Å². The minimum atomic E-state index is -4.43. The molecule has 0 amide bonds. The second-order valence-corrected chi connectivity index (χ2v) is 4.30. The Hall–Kier alpha value is -1.56. The number of halogens is 3. The molecular weight excluding hydrogens is 261 g/mol. The molecule has 0 aromatic heterocycles. The molecule has 1 heterocycles. The summed E-state index contributed by atoms with van der Waals surface area (Å²) in [6, 6.07) is 5.26. The van der Waals surface area contributed by atoms with Crippen molar-refractivity contribution in [3.8, 4) is 0 Å². The largest absolute Gasteiger partial charge is 0.467 e. The van der Waals surface area contributed by atoms with Gasteiger partial charge in [0.2, 0.25) is 0 Å². The van der Waals surface area contributed by atoms with Gasteiger partial charge in [-0.25, -0.2) is 4.79 Å². The van der Waals surface area contributed by atoms with Crippen LogP contribution in [0.3, 0.4) is 0 Å². The number of rotatable bonds is 2. The molecule has 0 unspecified atom stereocenters. The Labute approximate surface area is 108 Å². The van der Waals surface area contributed by atoms with Gasteiger partial charge >= 0.3 is 12.1 Å². The Morgan fingerprint density at radius 1 is 1.32 bits per heavy atom. The molecule has 3 nitrogen and oxygen atoms in total. The van der Waals surface area contributed by atoms with Crippen molar-refractivity contribution in [3.63, 3.8) is 0 Å². The summed E-state index contributed by atoms with van der Waals surface area (Å²) in [4.78, 5) is 11.3. The van der Waals surface area contributed by atoms with E-state index in [1.165, 1.54) is 25.3 Å². The highest BCUT2D eigenvalue weighted by molar-refractivity contribution is 5.74. The summed E-state index contributed by atoms with van der Waals surface area (Å²) in [5, 5.41) is 0. The Balaban J connectivity index is 2.23. The molecule has 1 aromatic carbocycles. The number of alkyl halides is 3. The molecule has 1 fully saturated rings. The standard InChI is InChI=1S/C13H13F3O3/c1-18-12(17)11-7-6-10(19-11)8-4-2-3-5-9(8)13(14,15)16/h2-5,10-11H,6-7H2,1H3/t10-,11-/m0/s1. The van der Waals surface area contributed by atoms with Crippen molar-refractivity contribution in [2.24, 2.45) is 0 Å². The molecule has 0 radical (unpaired) electrons. The molecule has 2 atom stereocenters. The van der Waals surface area contributed by atoms with Crippen molar-refractivity contribution in [1.82, 2.24) is 0 Å². The van der Waals surface area contributed by atoms with Gasteiger partial charge in [0, 0.05) is 0 Å². The van der Waals surface area contributed by atoms with E-state index in [1.807, 2.05) is 0 Å². The quantitative estimate of drug-likeness (QED) is 0.777. The highest BCUT2D eigenvalue weighted by Crippen LogP contribution is 2.40. The summed E-state index contributed by atoms with van der Waals surface area (Å²) >= 11 is 0. The molecule has 0 saturated carbocycles. The van der Waals surface area contributed by atoms with E-state index in [-0.39, 0.29) is 5.56 Å². The molecule has 1 aliphatic heterocycles. The highest BCUT2D eigenvalue weighted by Gasteiger charge is 2.39. The van der Waals surface area contributed by atoms with Gasteiger partial charge in [-0.1, -0.05) is 18.2 Å². The van der Waals surface area contributed by atoms with E-state index >= 15 is 0 Å². The molecule has 0 bridgehead atoms. The Morgan fingerprint density at radius 2 is 2.00 bits per heavy atom. The number of carbonyl (C=O) groups excluding carboxylic acids is 1. The minimum Gasteiger partial charge on any atom is -0.467 e. The molecule has 104 valence electrons. The summed E-state index contributed by atoms with van der Waals surface area (Å²) in [6.45, 7) is 0. The zero-order valence-corrected chi connectivity index (χ0v) is 10.2. The van der Waals surface area contributed by atoms with Gasteiger partial charge in [-0.05, 0) is 24.5 Å². The van der Waals surface area contributed by atoms with E-state index in [0.717, 1.165) is 6.07 Å². The van der Waals surface area contributed by atoms with Gasteiger partial charge in [-0.15, -0.1) is 0 Å². The van der Waals surface area contributed by atoms with Crippen molar-refractivity contribution in [2.45, 2.75) is 31.2 Å². The normalized spacial score (nSPS) is 23.4. The van der Waals surface area contributed by atoms with Gasteiger partial charge in [-0.2, -0.15) is 13.2 Å². The number of methoxy groups -OCH3 is 1. The molecule has 0 spiro atoms. The molecule has 1 saturated heterocycles. The van der Waals surface area contributed by atoms with Crippen LogP contribution in [-0.4, -0.2) is 19.2 Å². The average Bonchev–Trinajstić information content (AvgIpc) is 2.86. The molecule has 2 rings (SSSR count). The van der Waals surface area contributed by atoms with Gasteiger partial charge in [0.25, 0.3) is 0 Å². The van der Waals surface area contributed by atoms with Gasteiger partial charge in [0.1, 0.15) is 0 Å². The Kier molecular flexibility index (Phi) is 3.80. The molecule has 6 heteroatoms. The number of hydrogen-bond acceptors (Lipinski definition) is 3. The first kappa shape index (κ1) is 13.9. The molecule has 19 heavy (non-hydrogen) atoms. The van der Waals surface area contributed by atoms with Crippen molar-refractivity contribution >= 4 is 5.97 Å².